The number of hydrogen-bond donors (Lipinski definition) is 2. The molecular weight excluding hydrogens is 276 g/mol. The van der Waals surface area contributed by atoms with Crippen LogP contribution in [0.15, 0.2) is 54.6 Å². The lowest BCUT2D eigenvalue weighted by Crippen LogP contribution is -2.24. The van der Waals surface area contributed by atoms with Crippen LogP contribution in [0.5, 0.6) is 5.75 Å². The molecule has 2 aromatic rings. The first-order valence-corrected chi connectivity index (χ1v) is 7.69. The monoisotopic (exact) mass is 300 g/mol. The molecule has 3 nitrogen and oxygen atoms in total. The van der Waals surface area contributed by atoms with E-state index in [1.54, 1.807) is 6.92 Å². The minimum Gasteiger partial charge on any atom is -0.489 e. The molecule has 22 heavy (non-hydrogen) atoms. The Kier molecular flexibility index (Phi) is 5.99. The summed E-state index contributed by atoms with van der Waals surface area (Å²) in [4.78, 5) is 0. The van der Waals surface area contributed by atoms with Crippen LogP contribution in [0.1, 0.15) is 37.3 Å². The molecule has 0 aliphatic rings. The Morgan fingerprint density at radius 3 is 2.14 bits per heavy atom. The van der Waals surface area contributed by atoms with Crippen molar-refractivity contribution in [3.63, 3.8) is 0 Å². The van der Waals surface area contributed by atoms with Gasteiger partial charge in [0.2, 0.25) is 0 Å². The van der Waals surface area contributed by atoms with Crippen LogP contribution in [0.2, 0.25) is 0 Å². The SMILES string of the molecule is CC(CC(O)C(C)O)c1ccc(OCc2ccccc2)cc1. The summed E-state index contributed by atoms with van der Waals surface area (Å²) in [6, 6.07) is 18.0. The average molecular weight is 300 g/mol. The molecule has 118 valence electrons. The van der Waals surface area contributed by atoms with Crippen molar-refractivity contribution in [3.05, 3.63) is 65.7 Å². The molecule has 2 rings (SSSR count). The zero-order chi connectivity index (χ0) is 15.9. The third kappa shape index (κ3) is 4.86. The van der Waals surface area contributed by atoms with Gasteiger partial charge in [0.15, 0.2) is 0 Å². The molecule has 0 amide bonds. The highest BCUT2D eigenvalue weighted by Crippen LogP contribution is 2.24. The molecule has 0 radical (unpaired) electrons. The Bertz CT molecular complexity index is 549. The van der Waals surface area contributed by atoms with E-state index in [9.17, 15) is 10.2 Å². The second kappa shape index (κ2) is 7.97. The van der Waals surface area contributed by atoms with Gasteiger partial charge < -0.3 is 14.9 Å². The van der Waals surface area contributed by atoms with E-state index in [-0.39, 0.29) is 5.92 Å². The van der Waals surface area contributed by atoms with Crippen molar-refractivity contribution in [2.45, 2.75) is 45.0 Å². The Morgan fingerprint density at radius 2 is 1.55 bits per heavy atom. The molecule has 3 atom stereocenters. The summed E-state index contributed by atoms with van der Waals surface area (Å²) in [6.45, 7) is 4.21. The summed E-state index contributed by atoms with van der Waals surface area (Å²) in [5.74, 6) is 1.02. The first-order chi connectivity index (χ1) is 10.6. The fourth-order valence-electron chi connectivity index (χ4n) is 2.33. The van der Waals surface area contributed by atoms with Gasteiger partial charge in [-0.3, -0.25) is 0 Å². The topological polar surface area (TPSA) is 49.7 Å². The molecule has 0 aliphatic carbocycles. The lowest BCUT2D eigenvalue weighted by Gasteiger charge is -2.19. The predicted octanol–water partition coefficient (Wildman–Crippen LogP) is 3.50. The lowest BCUT2D eigenvalue weighted by molar-refractivity contribution is 0.0227. The zero-order valence-corrected chi connectivity index (χ0v) is 13.1. The number of rotatable bonds is 7. The van der Waals surface area contributed by atoms with Crippen molar-refractivity contribution in [3.8, 4) is 5.75 Å². The van der Waals surface area contributed by atoms with Gasteiger partial charge in [-0.1, -0.05) is 49.4 Å². The Labute approximate surface area is 132 Å². The number of aliphatic hydroxyl groups is 2. The third-order valence-corrected chi connectivity index (χ3v) is 3.85. The van der Waals surface area contributed by atoms with Crippen molar-refractivity contribution in [1.82, 2.24) is 0 Å². The van der Waals surface area contributed by atoms with Crippen molar-refractivity contribution < 1.29 is 14.9 Å². The van der Waals surface area contributed by atoms with Crippen molar-refractivity contribution in [2.75, 3.05) is 0 Å². The Hall–Kier alpha value is -1.84. The molecule has 0 saturated heterocycles. The summed E-state index contributed by atoms with van der Waals surface area (Å²) >= 11 is 0. The van der Waals surface area contributed by atoms with Crippen molar-refractivity contribution in [1.29, 1.82) is 0 Å². The van der Waals surface area contributed by atoms with E-state index in [2.05, 4.69) is 0 Å². The molecule has 3 heteroatoms. The molecule has 0 aliphatic heterocycles. The van der Waals surface area contributed by atoms with E-state index >= 15 is 0 Å². The molecule has 0 bridgehead atoms. The second-order valence-corrected chi connectivity index (χ2v) is 5.79. The highest BCUT2D eigenvalue weighted by Gasteiger charge is 2.16. The smallest absolute Gasteiger partial charge is 0.119 e. The van der Waals surface area contributed by atoms with Gasteiger partial charge in [0.25, 0.3) is 0 Å². The predicted molar refractivity (Wildman–Crippen MR) is 87.9 cm³/mol. The molecule has 0 heterocycles. The maximum Gasteiger partial charge on any atom is 0.119 e. The summed E-state index contributed by atoms with van der Waals surface area (Å²) in [5, 5.41) is 19.1. The van der Waals surface area contributed by atoms with Gasteiger partial charge in [-0.05, 0) is 42.5 Å². The standard InChI is InChI=1S/C19H24O3/c1-14(12-19(21)15(2)20)17-8-10-18(11-9-17)22-13-16-6-4-3-5-7-16/h3-11,14-15,19-21H,12-13H2,1-2H3. The summed E-state index contributed by atoms with van der Waals surface area (Å²) in [5.41, 5.74) is 2.27. The molecule has 0 aromatic heterocycles. The number of aliphatic hydroxyl groups excluding tert-OH is 2. The van der Waals surface area contributed by atoms with Crippen molar-refractivity contribution >= 4 is 0 Å². The van der Waals surface area contributed by atoms with E-state index in [1.807, 2.05) is 61.5 Å². The van der Waals surface area contributed by atoms with Gasteiger partial charge in [-0.2, -0.15) is 0 Å². The Balaban J connectivity index is 1.89. The minimum atomic E-state index is -0.698. The van der Waals surface area contributed by atoms with Gasteiger partial charge in [0.05, 0.1) is 12.2 Å². The molecule has 2 N–H and O–H groups in total. The minimum absolute atomic E-state index is 0.188. The fraction of sp³-hybridized carbons (Fsp3) is 0.368. The van der Waals surface area contributed by atoms with Gasteiger partial charge in [0, 0.05) is 0 Å². The van der Waals surface area contributed by atoms with Crippen LogP contribution in [0.25, 0.3) is 0 Å². The van der Waals surface area contributed by atoms with Crippen molar-refractivity contribution in [2.24, 2.45) is 0 Å². The van der Waals surface area contributed by atoms with Gasteiger partial charge >= 0.3 is 0 Å². The van der Waals surface area contributed by atoms with E-state index in [1.165, 1.54) is 0 Å². The van der Waals surface area contributed by atoms with Crippen LogP contribution in [0.3, 0.4) is 0 Å². The van der Waals surface area contributed by atoms with E-state index in [0.717, 1.165) is 16.9 Å². The first kappa shape index (κ1) is 16.5. The third-order valence-electron chi connectivity index (χ3n) is 3.85. The highest BCUT2D eigenvalue weighted by molar-refractivity contribution is 5.29. The van der Waals surface area contributed by atoms with Crippen LogP contribution in [0.4, 0.5) is 0 Å². The number of benzene rings is 2. The van der Waals surface area contributed by atoms with Gasteiger partial charge in [-0.15, -0.1) is 0 Å². The molecule has 0 saturated carbocycles. The quantitative estimate of drug-likeness (QED) is 0.823. The van der Waals surface area contributed by atoms with Gasteiger partial charge in [-0.25, -0.2) is 0 Å². The van der Waals surface area contributed by atoms with E-state index in [4.69, 9.17) is 4.74 Å². The van der Waals surface area contributed by atoms with E-state index < -0.39 is 12.2 Å². The lowest BCUT2D eigenvalue weighted by atomic mass is 9.93. The number of hydrogen-bond acceptors (Lipinski definition) is 3. The second-order valence-electron chi connectivity index (χ2n) is 5.79. The normalized spacial score (nSPS) is 15.1. The Morgan fingerprint density at radius 1 is 0.909 bits per heavy atom. The van der Waals surface area contributed by atoms with Gasteiger partial charge in [0.1, 0.15) is 12.4 Å². The van der Waals surface area contributed by atoms with E-state index in [0.29, 0.717) is 13.0 Å². The van der Waals surface area contributed by atoms with Crippen LogP contribution in [0, 0.1) is 0 Å². The zero-order valence-electron chi connectivity index (χ0n) is 13.1. The molecule has 0 spiro atoms. The summed E-state index contributed by atoms with van der Waals surface area (Å²) in [6.07, 6.45) is -0.845. The molecule has 3 unspecified atom stereocenters. The van der Waals surface area contributed by atoms with Crippen LogP contribution in [-0.4, -0.2) is 22.4 Å². The summed E-state index contributed by atoms with van der Waals surface area (Å²) < 4.78 is 5.76. The molecule has 0 fully saturated rings. The highest BCUT2D eigenvalue weighted by atomic mass is 16.5. The van der Waals surface area contributed by atoms with Crippen LogP contribution in [-0.2, 0) is 6.61 Å². The largest absolute Gasteiger partial charge is 0.489 e. The first-order valence-electron chi connectivity index (χ1n) is 7.69. The maximum absolute atomic E-state index is 9.75. The van der Waals surface area contributed by atoms with Crippen LogP contribution >= 0.6 is 0 Å². The fourth-order valence-corrected chi connectivity index (χ4v) is 2.33. The van der Waals surface area contributed by atoms with Crippen LogP contribution < -0.4 is 4.74 Å². The summed E-state index contributed by atoms with van der Waals surface area (Å²) in [7, 11) is 0. The molecule has 2 aromatic carbocycles. The maximum atomic E-state index is 9.75. The molecular formula is C19H24O3. The average Bonchev–Trinajstić information content (AvgIpc) is 2.54. The number of ether oxygens (including phenoxy) is 1.